The van der Waals surface area contributed by atoms with E-state index in [-0.39, 0.29) is 30.2 Å². The lowest BCUT2D eigenvalue weighted by molar-refractivity contribution is -0.141. The Balaban J connectivity index is 1.96. The lowest BCUT2D eigenvalue weighted by Crippen LogP contribution is -2.51. The van der Waals surface area contributed by atoms with E-state index >= 15 is 0 Å². The van der Waals surface area contributed by atoms with Crippen molar-refractivity contribution in [2.45, 2.75) is 64.6 Å². The van der Waals surface area contributed by atoms with Gasteiger partial charge in [-0.2, -0.15) is 0 Å². The Labute approximate surface area is 215 Å². The minimum absolute atomic E-state index is 0.0432. The molecule has 190 valence electrons. The van der Waals surface area contributed by atoms with Crippen molar-refractivity contribution in [3.8, 4) is 5.75 Å². The predicted octanol–water partition coefficient (Wildman–Crippen LogP) is 5.94. The summed E-state index contributed by atoms with van der Waals surface area (Å²) >= 11 is 0. The van der Waals surface area contributed by atoms with Crippen LogP contribution in [0.15, 0.2) is 84.9 Å². The molecule has 0 saturated carbocycles. The van der Waals surface area contributed by atoms with Gasteiger partial charge in [-0.25, -0.2) is 0 Å². The predicted molar refractivity (Wildman–Crippen MR) is 145 cm³/mol. The highest BCUT2D eigenvalue weighted by molar-refractivity contribution is 5.88. The Morgan fingerprint density at radius 3 is 2.00 bits per heavy atom. The normalized spacial score (nSPS) is 12.6. The second-order valence-corrected chi connectivity index (χ2v) is 9.19. The van der Waals surface area contributed by atoms with Crippen LogP contribution in [0, 0.1) is 0 Å². The number of rotatable bonds is 12. The summed E-state index contributed by atoms with van der Waals surface area (Å²) in [6.07, 6.45) is 1.63. The Kier molecular flexibility index (Phi) is 10.1. The number of hydrogen-bond acceptors (Lipinski definition) is 3. The summed E-state index contributed by atoms with van der Waals surface area (Å²) in [7, 11) is 1.63. The fourth-order valence-corrected chi connectivity index (χ4v) is 4.42. The highest BCUT2D eigenvalue weighted by Crippen LogP contribution is 2.30. The highest BCUT2D eigenvalue weighted by Gasteiger charge is 2.31. The summed E-state index contributed by atoms with van der Waals surface area (Å²) in [5, 5.41) is 3.08. The smallest absolute Gasteiger partial charge is 0.243 e. The lowest BCUT2D eigenvalue weighted by atomic mass is 9.88. The van der Waals surface area contributed by atoms with Crippen LogP contribution in [-0.4, -0.2) is 35.9 Å². The van der Waals surface area contributed by atoms with Crippen molar-refractivity contribution in [2.75, 3.05) is 7.11 Å². The van der Waals surface area contributed by atoms with E-state index in [2.05, 4.69) is 29.6 Å². The maximum atomic E-state index is 14.0. The Morgan fingerprint density at radius 1 is 0.861 bits per heavy atom. The van der Waals surface area contributed by atoms with Crippen molar-refractivity contribution >= 4 is 11.8 Å². The van der Waals surface area contributed by atoms with E-state index in [0.29, 0.717) is 13.0 Å². The monoisotopic (exact) mass is 486 g/mol. The second kappa shape index (κ2) is 13.5. The molecule has 0 heterocycles. The van der Waals surface area contributed by atoms with E-state index < -0.39 is 6.04 Å². The van der Waals surface area contributed by atoms with E-state index in [4.69, 9.17) is 4.74 Å². The molecule has 5 nitrogen and oxygen atoms in total. The minimum atomic E-state index is -0.565. The van der Waals surface area contributed by atoms with Crippen molar-refractivity contribution in [1.29, 1.82) is 0 Å². The first-order chi connectivity index (χ1) is 17.5. The number of benzene rings is 3. The Hall–Kier alpha value is -3.60. The molecule has 0 aliphatic heterocycles. The molecule has 0 aromatic heterocycles. The summed E-state index contributed by atoms with van der Waals surface area (Å²) in [4.78, 5) is 29.1. The zero-order chi connectivity index (χ0) is 25.9. The first-order valence-electron chi connectivity index (χ1n) is 12.8. The molecule has 5 heteroatoms. The zero-order valence-corrected chi connectivity index (χ0v) is 21.8. The quantitative estimate of drug-likeness (QED) is 0.345. The van der Waals surface area contributed by atoms with Gasteiger partial charge in [0.1, 0.15) is 11.8 Å². The van der Waals surface area contributed by atoms with Crippen LogP contribution < -0.4 is 10.1 Å². The molecule has 0 fully saturated rings. The van der Waals surface area contributed by atoms with Crippen LogP contribution in [0.2, 0.25) is 0 Å². The minimum Gasteiger partial charge on any atom is -0.497 e. The van der Waals surface area contributed by atoms with Gasteiger partial charge in [0.05, 0.1) is 7.11 Å². The molecule has 0 aliphatic rings. The number of hydrogen-bond donors (Lipinski definition) is 1. The number of ether oxygens (including phenoxy) is 1. The summed E-state index contributed by atoms with van der Waals surface area (Å²) in [5.74, 6) is 0.451. The summed E-state index contributed by atoms with van der Waals surface area (Å²) in [5.41, 5.74) is 3.08. The second-order valence-electron chi connectivity index (χ2n) is 9.19. The molecule has 0 saturated heterocycles. The number of carbonyl (C=O) groups is 2. The zero-order valence-electron chi connectivity index (χ0n) is 21.8. The van der Waals surface area contributed by atoms with E-state index in [1.807, 2.05) is 81.4 Å². The maximum absolute atomic E-state index is 14.0. The number of amides is 2. The van der Waals surface area contributed by atoms with Gasteiger partial charge in [-0.3, -0.25) is 9.59 Å². The van der Waals surface area contributed by atoms with Crippen LogP contribution in [0.1, 0.15) is 62.6 Å². The molecular weight excluding hydrogens is 448 g/mol. The van der Waals surface area contributed by atoms with Gasteiger partial charge in [0, 0.05) is 24.9 Å². The molecule has 0 aliphatic carbocycles. The summed E-state index contributed by atoms with van der Waals surface area (Å²) in [6.45, 7) is 6.31. The average molecular weight is 487 g/mol. The van der Waals surface area contributed by atoms with Crippen molar-refractivity contribution in [2.24, 2.45) is 0 Å². The van der Waals surface area contributed by atoms with Gasteiger partial charge in [-0.15, -0.1) is 0 Å². The Morgan fingerprint density at radius 2 is 1.47 bits per heavy atom. The molecule has 1 N–H and O–H groups in total. The van der Waals surface area contributed by atoms with Crippen LogP contribution in [0.25, 0.3) is 0 Å². The first-order valence-corrected chi connectivity index (χ1v) is 12.8. The number of carbonyl (C=O) groups excluding carboxylic acids is 2. The van der Waals surface area contributed by atoms with Gasteiger partial charge >= 0.3 is 0 Å². The third-order valence-corrected chi connectivity index (χ3v) is 6.66. The average Bonchev–Trinajstić information content (AvgIpc) is 2.92. The van der Waals surface area contributed by atoms with E-state index in [1.54, 1.807) is 12.0 Å². The largest absolute Gasteiger partial charge is 0.497 e. The molecular formula is C31H38N2O3. The van der Waals surface area contributed by atoms with Gasteiger partial charge in [0.15, 0.2) is 0 Å². The first kappa shape index (κ1) is 27.0. The number of nitrogens with zero attached hydrogens (tertiary/aromatic N) is 1. The molecule has 0 spiro atoms. The summed E-state index contributed by atoms with van der Waals surface area (Å²) < 4.78 is 5.40. The van der Waals surface area contributed by atoms with Crippen LogP contribution in [0.4, 0.5) is 0 Å². The fraction of sp³-hybridized carbons (Fsp3) is 0.355. The standard InChI is InChI=1S/C31H38N2O3/c1-5-23(3)32-31(35)29(6-2)33(22-24-14-13-19-27(20-24)36-4)30(34)21-28(25-15-9-7-10-16-25)26-17-11-8-12-18-26/h7-20,23,28-29H,5-6,21-22H2,1-4H3,(H,32,35)/t23-,29-/m1/s1. The van der Waals surface area contributed by atoms with Crippen molar-refractivity contribution in [1.82, 2.24) is 10.2 Å². The highest BCUT2D eigenvalue weighted by atomic mass is 16.5. The van der Waals surface area contributed by atoms with Crippen molar-refractivity contribution < 1.29 is 14.3 Å². The lowest BCUT2D eigenvalue weighted by Gasteiger charge is -2.33. The van der Waals surface area contributed by atoms with E-state index in [0.717, 1.165) is 28.9 Å². The summed E-state index contributed by atoms with van der Waals surface area (Å²) in [6, 6.07) is 27.3. The van der Waals surface area contributed by atoms with Gasteiger partial charge in [0.25, 0.3) is 0 Å². The van der Waals surface area contributed by atoms with Gasteiger partial charge in [0.2, 0.25) is 11.8 Å². The third-order valence-electron chi connectivity index (χ3n) is 6.66. The van der Waals surface area contributed by atoms with Crippen LogP contribution in [-0.2, 0) is 16.1 Å². The van der Waals surface area contributed by atoms with Gasteiger partial charge in [-0.05, 0) is 48.6 Å². The molecule has 0 radical (unpaired) electrons. The van der Waals surface area contributed by atoms with Crippen LogP contribution >= 0.6 is 0 Å². The molecule has 3 aromatic rings. The fourth-order valence-electron chi connectivity index (χ4n) is 4.42. The van der Waals surface area contributed by atoms with Crippen LogP contribution in [0.5, 0.6) is 5.75 Å². The van der Waals surface area contributed by atoms with Crippen molar-refractivity contribution in [3.63, 3.8) is 0 Å². The number of methoxy groups -OCH3 is 1. The molecule has 2 atom stereocenters. The molecule has 36 heavy (non-hydrogen) atoms. The van der Waals surface area contributed by atoms with Gasteiger partial charge in [-0.1, -0.05) is 86.6 Å². The SMILES string of the molecule is CC[C@@H](C)NC(=O)[C@@H](CC)N(Cc1cccc(OC)c1)C(=O)CC(c1ccccc1)c1ccccc1. The van der Waals surface area contributed by atoms with Crippen molar-refractivity contribution in [3.05, 3.63) is 102 Å². The maximum Gasteiger partial charge on any atom is 0.243 e. The molecule has 0 bridgehead atoms. The molecule has 0 unspecified atom stereocenters. The molecule has 2 amide bonds. The van der Waals surface area contributed by atoms with E-state index in [9.17, 15) is 9.59 Å². The van der Waals surface area contributed by atoms with Gasteiger partial charge < -0.3 is 15.0 Å². The number of nitrogens with one attached hydrogen (secondary N) is 1. The Bertz CT molecular complexity index is 1060. The van der Waals surface area contributed by atoms with E-state index in [1.165, 1.54) is 0 Å². The topological polar surface area (TPSA) is 58.6 Å². The molecule has 3 aromatic carbocycles. The van der Waals surface area contributed by atoms with Crippen LogP contribution in [0.3, 0.4) is 0 Å². The third kappa shape index (κ3) is 7.20. The molecule has 3 rings (SSSR count).